The third kappa shape index (κ3) is 9.48. The van der Waals surface area contributed by atoms with Gasteiger partial charge in [0.2, 0.25) is 11.7 Å². The van der Waals surface area contributed by atoms with Gasteiger partial charge in [-0.2, -0.15) is 5.26 Å². The molecule has 19 heteroatoms. The topological polar surface area (TPSA) is 214 Å². The molecule has 9 rings (SSSR count). The van der Waals surface area contributed by atoms with Crippen LogP contribution in [0.5, 0.6) is 0 Å². The standard InChI is InChI=1S/C53H52FN9O9/c1-29(2)44(59-52(67)70-28-32-15-11-8-12-16-32)51(66)71-30(3)72-53(68)62(6)40-20-39(54)36(21-55)42-43-46(63-18-17-33-24-60(4)26-41(33)63)37(23-56-48(43)58-45(40)42)34-19-35-47(64)38(25-61(5)49(35)57-22-34)50(65)69-27-31-13-9-7-10-14-31/h7-16,19-20,22-23,25,29-30,33,41,44H,17-18,24,26-28H2,1-6H3,(H,56,58)(H,59,67)/t30?,33-,41+,44-/m0/s1. The van der Waals surface area contributed by atoms with Crippen LogP contribution < -0.4 is 20.5 Å². The minimum Gasteiger partial charge on any atom is -0.457 e. The van der Waals surface area contributed by atoms with Gasteiger partial charge in [-0.05, 0) is 42.5 Å². The van der Waals surface area contributed by atoms with E-state index in [2.05, 4.69) is 20.1 Å². The van der Waals surface area contributed by atoms with Gasteiger partial charge in [-0.3, -0.25) is 9.69 Å². The highest BCUT2D eigenvalue weighted by Gasteiger charge is 2.42. The molecule has 6 heterocycles. The van der Waals surface area contributed by atoms with E-state index in [4.69, 9.17) is 28.9 Å². The lowest BCUT2D eigenvalue weighted by Gasteiger charge is -2.29. The number of likely N-dealkylation sites (tertiary alicyclic amines) is 1. The van der Waals surface area contributed by atoms with Gasteiger partial charge in [0.1, 0.15) is 48.0 Å². The second-order valence-electron chi connectivity index (χ2n) is 18.5. The van der Waals surface area contributed by atoms with E-state index < -0.39 is 53.6 Å². The predicted molar refractivity (Wildman–Crippen MR) is 265 cm³/mol. The number of hydrogen-bond acceptors (Lipinski definition) is 14. The molecular weight excluding hydrogens is 926 g/mol. The van der Waals surface area contributed by atoms with Gasteiger partial charge in [0.15, 0.2) is 0 Å². The van der Waals surface area contributed by atoms with E-state index in [1.165, 1.54) is 20.2 Å². The lowest BCUT2D eigenvalue weighted by Crippen LogP contribution is -2.46. The summed E-state index contributed by atoms with van der Waals surface area (Å²) in [6.45, 7) is 6.84. The number of rotatable bonds is 13. The molecule has 0 saturated carbocycles. The predicted octanol–water partition coefficient (Wildman–Crippen LogP) is 7.55. The van der Waals surface area contributed by atoms with E-state index in [1.54, 1.807) is 68.2 Å². The molecule has 7 aromatic rings. The highest BCUT2D eigenvalue weighted by atomic mass is 19.1. The summed E-state index contributed by atoms with van der Waals surface area (Å²) in [5.74, 6) is -2.75. The number of nitrogens with zero attached hydrogens (tertiary/aromatic N) is 7. The first kappa shape index (κ1) is 48.6. The third-order valence-corrected chi connectivity index (χ3v) is 13.3. The number of fused-ring (bicyclic) bond motifs is 5. The van der Waals surface area contributed by atoms with E-state index in [1.807, 2.05) is 49.5 Å². The summed E-state index contributed by atoms with van der Waals surface area (Å²) < 4.78 is 40.0. The van der Waals surface area contributed by atoms with Gasteiger partial charge >= 0.3 is 24.1 Å². The molecule has 0 bridgehead atoms. The van der Waals surface area contributed by atoms with Crippen LogP contribution in [0.1, 0.15) is 54.2 Å². The maximum absolute atomic E-state index is 16.5. The van der Waals surface area contributed by atoms with Gasteiger partial charge < -0.3 is 43.6 Å². The van der Waals surface area contributed by atoms with Crippen LogP contribution in [0.4, 0.5) is 25.4 Å². The Kier molecular flexibility index (Phi) is 13.6. The number of carbonyl (C=O) groups is 4. The van der Waals surface area contributed by atoms with Crippen LogP contribution in [0.2, 0.25) is 0 Å². The van der Waals surface area contributed by atoms with Gasteiger partial charge in [-0.25, -0.2) is 33.5 Å². The maximum atomic E-state index is 16.5. The molecule has 3 aromatic carbocycles. The van der Waals surface area contributed by atoms with Crippen LogP contribution in [0.15, 0.2) is 96.2 Å². The molecule has 4 aromatic heterocycles. The van der Waals surface area contributed by atoms with Crippen molar-refractivity contribution < 1.29 is 42.5 Å². The van der Waals surface area contributed by atoms with E-state index >= 15 is 4.39 Å². The van der Waals surface area contributed by atoms with Crippen molar-refractivity contribution in [3.05, 3.63) is 130 Å². The minimum atomic E-state index is -1.47. The number of anilines is 2. The van der Waals surface area contributed by atoms with Crippen LogP contribution in [0.25, 0.3) is 44.1 Å². The van der Waals surface area contributed by atoms with Gasteiger partial charge in [0.05, 0.1) is 33.2 Å². The number of alkyl carbamates (subject to hydrolysis) is 1. The van der Waals surface area contributed by atoms with Gasteiger partial charge in [0.25, 0.3) is 0 Å². The summed E-state index contributed by atoms with van der Waals surface area (Å²) in [5, 5.41) is 13.8. The maximum Gasteiger partial charge on any atom is 0.417 e. The van der Waals surface area contributed by atoms with Gasteiger partial charge in [0, 0.05) is 87.9 Å². The number of pyridine rings is 3. The number of aryl methyl sites for hydroxylation is 1. The number of amides is 2. The Labute approximate surface area is 412 Å². The minimum absolute atomic E-state index is 0.0131. The van der Waals surface area contributed by atoms with E-state index in [9.17, 15) is 29.2 Å². The fourth-order valence-corrected chi connectivity index (χ4v) is 9.73. The number of esters is 2. The number of halogens is 1. The highest BCUT2D eigenvalue weighted by Crippen LogP contribution is 2.47. The zero-order valence-electron chi connectivity index (χ0n) is 40.5. The molecule has 0 spiro atoms. The van der Waals surface area contributed by atoms with E-state index in [0.717, 1.165) is 41.6 Å². The lowest BCUT2D eigenvalue weighted by atomic mass is 9.98. The summed E-state index contributed by atoms with van der Waals surface area (Å²) in [6, 6.07) is 21.7. The van der Waals surface area contributed by atoms with Crippen molar-refractivity contribution in [2.75, 3.05) is 43.5 Å². The van der Waals surface area contributed by atoms with Crippen LogP contribution in [-0.4, -0.2) is 101 Å². The summed E-state index contributed by atoms with van der Waals surface area (Å²) in [6.07, 6.45) is 2.14. The smallest absolute Gasteiger partial charge is 0.417 e. The molecular formula is C53H52FN9O9. The fraction of sp³-hybridized carbons (Fsp3) is 0.321. The number of carbonyl (C=O) groups excluding carboxylic acids is 4. The number of likely N-dealkylation sites (N-methyl/N-ethyl adjacent to an activating group) is 1. The van der Waals surface area contributed by atoms with Crippen LogP contribution in [-0.2, 0) is 44.0 Å². The number of nitriles is 1. The number of H-pyrrole nitrogens is 1. The van der Waals surface area contributed by atoms with Gasteiger partial charge in [-0.15, -0.1) is 0 Å². The van der Waals surface area contributed by atoms with Crippen molar-refractivity contribution in [1.29, 1.82) is 5.26 Å². The average Bonchev–Trinajstić information content (AvgIpc) is 4.07. The third-order valence-electron chi connectivity index (χ3n) is 13.3. The van der Waals surface area contributed by atoms with Crippen molar-refractivity contribution in [2.45, 2.75) is 58.8 Å². The molecule has 0 aliphatic carbocycles. The lowest BCUT2D eigenvalue weighted by molar-refractivity contribution is -0.168. The van der Waals surface area contributed by atoms with Crippen molar-refractivity contribution in [2.24, 2.45) is 18.9 Å². The Morgan fingerprint density at radius 3 is 2.31 bits per heavy atom. The molecule has 72 heavy (non-hydrogen) atoms. The molecule has 2 saturated heterocycles. The van der Waals surface area contributed by atoms with Crippen molar-refractivity contribution >= 4 is 68.5 Å². The molecule has 2 aliphatic heterocycles. The van der Waals surface area contributed by atoms with Gasteiger partial charge in [-0.1, -0.05) is 74.5 Å². The first-order valence-electron chi connectivity index (χ1n) is 23.5. The second-order valence-corrected chi connectivity index (χ2v) is 18.5. The molecule has 2 aliphatic rings. The Morgan fingerprint density at radius 1 is 0.931 bits per heavy atom. The SMILES string of the molecule is CC(OC(=O)[C@@H](NC(=O)OCc1ccccc1)C(C)C)OC(=O)N(C)c1cc(F)c(C#N)c2c1[nH]c1ncc(-c3cnc4c(c3)c(=O)c(C(=O)OCc3ccccc3)cn4C)c(N3CC[C@H]4CN(C)C[C@H]43)c12. The fourth-order valence-electron chi connectivity index (χ4n) is 9.73. The average molecular weight is 978 g/mol. The van der Waals surface area contributed by atoms with E-state index in [-0.39, 0.29) is 58.0 Å². The molecule has 1 unspecified atom stereocenters. The first-order valence-corrected chi connectivity index (χ1v) is 23.5. The number of nitrogens with one attached hydrogen (secondary N) is 2. The van der Waals surface area contributed by atoms with Crippen molar-refractivity contribution in [3.63, 3.8) is 0 Å². The second kappa shape index (κ2) is 20.2. The quantitative estimate of drug-likeness (QED) is 0.0649. The largest absolute Gasteiger partial charge is 0.457 e. The van der Waals surface area contributed by atoms with Crippen LogP contribution in [0, 0.1) is 29.0 Å². The zero-order valence-corrected chi connectivity index (χ0v) is 40.5. The van der Waals surface area contributed by atoms with Crippen LogP contribution in [0.3, 0.4) is 0 Å². The molecule has 2 amide bonds. The zero-order chi connectivity index (χ0) is 51.0. The number of hydrogen-bond donors (Lipinski definition) is 2. The normalized spacial score (nSPS) is 16.3. The van der Waals surface area contributed by atoms with Crippen molar-refractivity contribution in [3.8, 4) is 17.2 Å². The number of benzene rings is 3. The van der Waals surface area contributed by atoms with E-state index in [0.29, 0.717) is 40.3 Å². The molecule has 4 atom stereocenters. The summed E-state index contributed by atoms with van der Waals surface area (Å²) in [7, 11) is 5.07. The first-order chi connectivity index (χ1) is 34.6. The molecule has 2 N–H and O–H groups in total. The molecule has 370 valence electrons. The molecule has 0 radical (unpaired) electrons. The Hall–Kier alpha value is -8.37. The van der Waals surface area contributed by atoms with Crippen LogP contribution >= 0.6 is 0 Å². The molecule has 2 fully saturated rings. The summed E-state index contributed by atoms with van der Waals surface area (Å²) >= 11 is 0. The number of ether oxygens (including phenoxy) is 4. The number of aromatic nitrogens is 4. The Balaban J connectivity index is 1.06. The summed E-state index contributed by atoms with van der Waals surface area (Å²) in [5.41, 5.74) is 2.85. The highest BCUT2D eigenvalue weighted by molar-refractivity contribution is 6.21. The summed E-state index contributed by atoms with van der Waals surface area (Å²) in [4.78, 5) is 85.8. The molecule has 18 nitrogen and oxygen atoms in total. The number of aromatic amines is 1. The monoisotopic (exact) mass is 977 g/mol. The van der Waals surface area contributed by atoms with Crippen molar-refractivity contribution in [1.82, 2.24) is 29.7 Å². The Morgan fingerprint density at radius 2 is 1.62 bits per heavy atom. The Bertz CT molecular complexity index is 3360.